The molecular formula is C20H23N3O2. The first-order valence-electron chi connectivity index (χ1n) is 8.53. The minimum Gasteiger partial charge on any atom is -0.493 e. The van der Waals surface area contributed by atoms with Crippen molar-refractivity contribution in [2.75, 3.05) is 6.61 Å². The van der Waals surface area contributed by atoms with Crippen LogP contribution in [-0.2, 0) is 11.3 Å². The number of aromatic amines is 1. The second-order valence-corrected chi connectivity index (χ2v) is 6.12. The number of aryl methyl sites for hydroxylation is 2. The molecule has 0 bridgehead atoms. The highest BCUT2D eigenvalue weighted by Gasteiger charge is 2.08. The Labute approximate surface area is 147 Å². The Kier molecular flexibility index (Phi) is 5.33. The number of rotatable bonds is 7. The van der Waals surface area contributed by atoms with E-state index in [0.717, 1.165) is 33.5 Å². The molecule has 25 heavy (non-hydrogen) atoms. The van der Waals surface area contributed by atoms with Gasteiger partial charge in [0, 0.05) is 29.6 Å². The fourth-order valence-electron chi connectivity index (χ4n) is 2.85. The van der Waals surface area contributed by atoms with Gasteiger partial charge in [0.2, 0.25) is 5.91 Å². The first-order valence-corrected chi connectivity index (χ1v) is 8.53. The standard InChI is InChI=1S/C20H23N3O2/c1-14-18(15(2)23-22-14)13-21-20(24)11-6-12-25-19-10-5-8-16-7-3-4-9-17(16)19/h3-5,7-10H,6,11-13H2,1-2H3,(H,21,24)(H,22,23). The molecule has 0 unspecified atom stereocenters. The van der Waals surface area contributed by atoms with Crippen LogP contribution >= 0.6 is 0 Å². The van der Waals surface area contributed by atoms with E-state index in [1.54, 1.807) is 0 Å². The molecule has 1 heterocycles. The van der Waals surface area contributed by atoms with Crippen molar-refractivity contribution in [3.05, 3.63) is 59.4 Å². The summed E-state index contributed by atoms with van der Waals surface area (Å²) in [5.74, 6) is 0.893. The van der Waals surface area contributed by atoms with Crippen LogP contribution in [0.2, 0.25) is 0 Å². The zero-order valence-electron chi connectivity index (χ0n) is 14.6. The maximum absolute atomic E-state index is 12.0. The molecule has 3 aromatic rings. The minimum atomic E-state index is 0.0292. The number of ether oxygens (including phenoxy) is 1. The predicted molar refractivity (Wildman–Crippen MR) is 98.6 cm³/mol. The lowest BCUT2D eigenvalue weighted by molar-refractivity contribution is -0.121. The molecule has 1 aromatic heterocycles. The van der Waals surface area contributed by atoms with E-state index in [0.29, 0.717) is 26.0 Å². The molecule has 0 atom stereocenters. The molecule has 0 fully saturated rings. The lowest BCUT2D eigenvalue weighted by Gasteiger charge is -2.09. The molecule has 0 aliphatic rings. The molecule has 0 spiro atoms. The van der Waals surface area contributed by atoms with Gasteiger partial charge in [-0.1, -0.05) is 36.4 Å². The van der Waals surface area contributed by atoms with Crippen LogP contribution in [0, 0.1) is 13.8 Å². The summed E-state index contributed by atoms with van der Waals surface area (Å²) in [6.45, 7) is 4.92. The second kappa shape index (κ2) is 7.83. The van der Waals surface area contributed by atoms with Gasteiger partial charge in [-0.25, -0.2) is 0 Å². The molecule has 130 valence electrons. The third-order valence-corrected chi connectivity index (χ3v) is 4.30. The first kappa shape index (κ1) is 17.0. The Bertz CT molecular complexity index is 846. The molecular weight excluding hydrogens is 314 g/mol. The number of nitrogens with zero attached hydrogens (tertiary/aromatic N) is 1. The number of hydrogen-bond donors (Lipinski definition) is 2. The Morgan fingerprint density at radius 3 is 2.76 bits per heavy atom. The van der Waals surface area contributed by atoms with Crippen molar-refractivity contribution in [1.82, 2.24) is 15.5 Å². The number of H-pyrrole nitrogens is 1. The van der Waals surface area contributed by atoms with Crippen LogP contribution in [0.25, 0.3) is 10.8 Å². The van der Waals surface area contributed by atoms with Gasteiger partial charge >= 0.3 is 0 Å². The second-order valence-electron chi connectivity index (χ2n) is 6.12. The fraction of sp³-hybridized carbons (Fsp3) is 0.300. The van der Waals surface area contributed by atoms with Crippen LogP contribution < -0.4 is 10.1 Å². The zero-order chi connectivity index (χ0) is 17.6. The van der Waals surface area contributed by atoms with Crippen LogP contribution in [0.1, 0.15) is 29.8 Å². The van der Waals surface area contributed by atoms with Crippen molar-refractivity contribution in [2.45, 2.75) is 33.2 Å². The van der Waals surface area contributed by atoms with Crippen LogP contribution in [0.3, 0.4) is 0 Å². The van der Waals surface area contributed by atoms with Gasteiger partial charge in [0.15, 0.2) is 0 Å². The molecule has 5 heteroatoms. The summed E-state index contributed by atoms with van der Waals surface area (Å²) in [5.41, 5.74) is 2.98. The van der Waals surface area contributed by atoms with Gasteiger partial charge in [0.1, 0.15) is 5.75 Å². The number of carbonyl (C=O) groups excluding carboxylic acids is 1. The third-order valence-electron chi connectivity index (χ3n) is 4.30. The molecule has 5 nitrogen and oxygen atoms in total. The van der Waals surface area contributed by atoms with Gasteiger partial charge in [0.05, 0.1) is 12.3 Å². The Morgan fingerprint density at radius 2 is 1.96 bits per heavy atom. The smallest absolute Gasteiger partial charge is 0.220 e. The van der Waals surface area contributed by atoms with Gasteiger partial charge < -0.3 is 10.1 Å². The average Bonchev–Trinajstić information content (AvgIpc) is 2.95. The maximum atomic E-state index is 12.0. The monoisotopic (exact) mass is 337 g/mol. The van der Waals surface area contributed by atoms with Gasteiger partial charge in [-0.05, 0) is 31.7 Å². The molecule has 2 N–H and O–H groups in total. The van der Waals surface area contributed by atoms with Crippen LogP contribution in [0.4, 0.5) is 0 Å². The van der Waals surface area contributed by atoms with Crippen LogP contribution in [0.15, 0.2) is 42.5 Å². The zero-order valence-corrected chi connectivity index (χ0v) is 14.6. The van der Waals surface area contributed by atoms with E-state index in [2.05, 4.69) is 27.6 Å². The topological polar surface area (TPSA) is 67.0 Å². The molecule has 0 aliphatic carbocycles. The van der Waals surface area contributed by atoms with E-state index in [1.807, 2.05) is 44.2 Å². The average molecular weight is 337 g/mol. The number of carbonyl (C=O) groups is 1. The highest BCUT2D eigenvalue weighted by atomic mass is 16.5. The van der Waals surface area contributed by atoms with Gasteiger partial charge in [-0.2, -0.15) is 5.10 Å². The largest absolute Gasteiger partial charge is 0.493 e. The highest BCUT2D eigenvalue weighted by molar-refractivity contribution is 5.88. The molecule has 0 saturated heterocycles. The molecule has 2 aromatic carbocycles. The number of hydrogen-bond acceptors (Lipinski definition) is 3. The summed E-state index contributed by atoms with van der Waals surface area (Å²) < 4.78 is 5.86. The lowest BCUT2D eigenvalue weighted by atomic mass is 10.1. The van der Waals surface area contributed by atoms with E-state index >= 15 is 0 Å². The first-order chi connectivity index (χ1) is 12.1. The Morgan fingerprint density at radius 1 is 1.16 bits per heavy atom. The molecule has 0 aliphatic heterocycles. The number of benzene rings is 2. The molecule has 1 amide bonds. The minimum absolute atomic E-state index is 0.0292. The van der Waals surface area contributed by atoms with Crippen molar-refractivity contribution in [3.63, 3.8) is 0 Å². The summed E-state index contributed by atoms with van der Waals surface area (Å²) in [7, 11) is 0. The lowest BCUT2D eigenvalue weighted by Crippen LogP contribution is -2.23. The van der Waals surface area contributed by atoms with Crippen molar-refractivity contribution in [1.29, 1.82) is 0 Å². The number of amides is 1. The van der Waals surface area contributed by atoms with Gasteiger partial charge in [0.25, 0.3) is 0 Å². The molecule has 0 radical (unpaired) electrons. The summed E-state index contributed by atoms with van der Waals surface area (Å²) >= 11 is 0. The van der Waals surface area contributed by atoms with Crippen molar-refractivity contribution >= 4 is 16.7 Å². The normalized spacial score (nSPS) is 10.8. The summed E-state index contributed by atoms with van der Waals surface area (Å²) in [4.78, 5) is 12.0. The summed E-state index contributed by atoms with van der Waals surface area (Å²) in [6.07, 6.45) is 1.12. The van der Waals surface area contributed by atoms with Crippen molar-refractivity contribution in [2.24, 2.45) is 0 Å². The number of fused-ring (bicyclic) bond motifs is 1. The van der Waals surface area contributed by atoms with Crippen molar-refractivity contribution < 1.29 is 9.53 Å². The summed E-state index contributed by atoms with van der Waals surface area (Å²) in [6, 6.07) is 14.1. The molecule has 3 rings (SSSR count). The van der Waals surface area contributed by atoms with Gasteiger partial charge in [-0.15, -0.1) is 0 Å². The van der Waals surface area contributed by atoms with E-state index in [1.165, 1.54) is 0 Å². The Hall–Kier alpha value is -2.82. The Balaban J connectivity index is 1.44. The van der Waals surface area contributed by atoms with E-state index in [-0.39, 0.29) is 5.91 Å². The SMILES string of the molecule is Cc1n[nH]c(C)c1CNC(=O)CCCOc1cccc2ccccc12. The quantitative estimate of drug-likeness (QED) is 0.647. The number of aromatic nitrogens is 2. The van der Waals surface area contributed by atoms with E-state index < -0.39 is 0 Å². The number of nitrogens with one attached hydrogen (secondary N) is 2. The fourth-order valence-corrected chi connectivity index (χ4v) is 2.85. The maximum Gasteiger partial charge on any atom is 0.220 e. The summed E-state index contributed by atoms with van der Waals surface area (Å²) in [5, 5.41) is 12.3. The van der Waals surface area contributed by atoms with Crippen molar-refractivity contribution in [3.8, 4) is 5.75 Å². The molecule has 0 saturated carbocycles. The third kappa shape index (κ3) is 4.18. The van der Waals surface area contributed by atoms with E-state index in [4.69, 9.17) is 4.74 Å². The van der Waals surface area contributed by atoms with Crippen LogP contribution in [-0.4, -0.2) is 22.7 Å². The highest BCUT2D eigenvalue weighted by Crippen LogP contribution is 2.25. The van der Waals surface area contributed by atoms with E-state index in [9.17, 15) is 4.79 Å². The predicted octanol–water partition coefficient (Wildman–Crippen LogP) is 3.66. The van der Waals surface area contributed by atoms with Crippen LogP contribution in [0.5, 0.6) is 5.75 Å². The van der Waals surface area contributed by atoms with Gasteiger partial charge in [-0.3, -0.25) is 9.89 Å².